The first-order valence-corrected chi connectivity index (χ1v) is 14.2. The molecule has 2 saturated heterocycles. The number of aldehydes is 1. The van der Waals surface area contributed by atoms with E-state index in [4.69, 9.17) is 4.74 Å². The maximum absolute atomic E-state index is 14.2. The molecule has 0 spiro atoms. The molecule has 2 heterocycles. The van der Waals surface area contributed by atoms with Crippen molar-refractivity contribution in [3.8, 4) is 0 Å². The van der Waals surface area contributed by atoms with Gasteiger partial charge in [-0.25, -0.2) is 4.79 Å². The lowest BCUT2D eigenvalue weighted by atomic mass is 9.78. The van der Waals surface area contributed by atoms with Gasteiger partial charge in [-0.2, -0.15) is 0 Å². The Balaban J connectivity index is 1.91. The van der Waals surface area contributed by atoms with Crippen LogP contribution in [-0.2, 0) is 19.1 Å². The van der Waals surface area contributed by atoms with Gasteiger partial charge in [-0.1, -0.05) is 72.6 Å². The van der Waals surface area contributed by atoms with Gasteiger partial charge < -0.3 is 25.1 Å². The van der Waals surface area contributed by atoms with Gasteiger partial charge in [0.15, 0.2) is 0 Å². The summed E-state index contributed by atoms with van der Waals surface area (Å²) >= 11 is 0. The standard InChI is InChI=1S/C29H49N3O5/c1-27(2,3)37-26(36)31-23-25(35)32-17-20-21(29(20,6)7)22(32)24(34)30-19(18-33)15-13-11-9-8-10-12-14-16-28(23,4)5/h18-23H,8-17H2,1-7H3,(H,30,34)(H,31,36)/t19-,20?,21-,22-,23+/m0/s1. The fourth-order valence-electron chi connectivity index (χ4n) is 6.41. The minimum Gasteiger partial charge on any atom is -0.444 e. The summed E-state index contributed by atoms with van der Waals surface area (Å²) in [5.74, 6) is -0.249. The van der Waals surface area contributed by atoms with Crippen molar-refractivity contribution in [2.75, 3.05) is 6.54 Å². The second kappa shape index (κ2) is 11.3. The first-order valence-electron chi connectivity index (χ1n) is 14.2. The summed E-state index contributed by atoms with van der Waals surface area (Å²) in [5.41, 5.74) is -1.27. The first kappa shape index (κ1) is 29.4. The lowest BCUT2D eigenvalue weighted by Crippen LogP contribution is -2.60. The van der Waals surface area contributed by atoms with Crippen molar-refractivity contribution in [2.45, 2.75) is 130 Å². The summed E-state index contributed by atoms with van der Waals surface area (Å²) in [6.07, 6.45) is 8.90. The maximum atomic E-state index is 14.2. The zero-order valence-corrected chi connectivity index (χ0v) is 24.0. The molecule has 2 aliphatic heterocycles. The number of ether oxygens (including phenoxy) is 1. The van der Waals surface area contributed by atoms with Crippen LogP contribution < -0.4 is 10.6 Å². The van der Waals surface area contributed by atoms with Gasteiger partial charge >= 0.3 is 6.09 Å². The van der Waals surface area contributed by atoms with E-state index in [1.807, 2.05) is 13.8 Å². The van der Waals surface area contributed by atoms with E-state index in [0.29, 0.717) is 13.0 Å². The highest BCUT2D eigenvalue weighted by molar-refractivity contribution is 5.94. The lowest BCUT2D eigenvalue weighted by molar-refractivity contribution is -0.144. The quantitative estimate of drug-likeness (QED) is 0.519. The molecule has 1 saturated carbocycles. The van der Waals surface area contributed by atoms with Gasteiger partial charge in [-0.15, -0.1) is 0 Å². The monoisotopic (exact) mass is 519 g/mol. The fourth-order valence-corrected chi connectivity index (χ4v) is 6.41. The van der Waals surface area contributed by atoms with Crippen molar-refractivity contribution < 1.29 is 23.9 Å². The molecular weight excluding hydrogens is 470 g/mol. The van der Waals surface area contributed by atoms with E-state index in [0.717, 1.165) is 57.7 Å². The number of alkyl carbamates (subject to hydrolysis) is 1. The highest BCUT2D eigenvalue weighted by atomic mass is 16.6. The van der Waals surface area contributed by atoms with E-state index >= 15 is 0 Å². The molecule has 3 fully saturated rings. The van der Waals surface area contributed by atoms with Crippen molar-refractivity contribution in [3.63, 3.8) is 0 Å². The number of carbonyl (C=O) groups is 4. The Hall–Kier alpha value is -2.12. The molecule has 8 nitrogen and oxygen atoms in total. The summed E-state index contributed by atoms with van der Waals surface area (Å²) < 4.78 is 5.52. The van der Waals surface area contributed by atoms with Crippen LogP contribution in [0.5, 0.6) is 0 Å². The molecule has 1 aliphatic carbocycles. The average molecular weight is 520 g/mol. The van der Waals surface area contributed by atoms with Gasteiger partial charge in [0.25, 0.3) is 0 Å². The van der Waals surface area contributed by atoms with E-state index in [1.54, 1.807) is 25.7 Å². The molecular formula is C29H49N3O5. The highest BCUT2D eigenvalue weighted by Crippen LogP contribution is 2.65. The molecule has 0 aromatic heterocycles. The van der Waals surface area contributed by atoms with Crippen LogP contribution in [0.15, 0.2) is 0 Å². The molecule has 3 amide bonds. The Bertz CT molecular complexity index is 862. The van der Waals surface area contributed by atoms with Crippen molar-refractivity contribution in [1.82, 2.24) is 15.5 Å². The van der Waals surface area contributed by atoms with Gasteiger partial charge in [-0.05, 0) is 56.3 Å². The van der Waals surface area contributed by atoms with Crippen molar-refractivity contribution in [1.29, 1.82) is 0 Å². The van der Waals surface area contributed by atoms with Gasteiger partial charge in [0, 0.05) is 6.54 Å². The second-order valence-corrected chi connectivity index (χ2v) is 13.7. The van der Waals surface area contributed by atoms with Gasteiger partial charge in [0.2, 0.25) is 11.8 Å². The zero-order chi connectivity index (χ0) is 27.6. The molecule has 0 aromatic rings. The predicted octanol–water partition coefficient (Wildman–Crippen LogP) is 4.60. The molecule has 0 radical (unpaired) electrons. The molecule has 8 heteroatoms. The van der Waals surface area contributed by atoms with Crippen LogP contribution in [0, 0.1) is 22.7 Å². The van der Waals surface area contributed by atoms with E-state index in [9.17, 15) is 19.2 Å². The topological polar surface area (TPSA) is 105 Å². The number of fused-ring (bicyclic) bond motifs is 3. The third-order valence-corrected chi connectivity index (χ3v) is 8.78. The molecule has 0 aromatic carbocycles. The van der Waals surface area contributed by atoms with Gasteiger partial charge in [-0.3, -0.25) is 9.59 Å². The molecule has 37 heavy (non-hydrogen) atoms. The van der Waals surface area contributed by atoms with E-state index in [-0.39, 0.29) is 29.1 Å². The first-order chi connectivity index (χ1) is 17.2. The number of rotatable bonds is 2. The maximum Gasteiger partial charge on any atom is 0.408 e. The predicted molar refractivity (Wildman–Crippen MR) is 143 cm³/mol. The molecule has 0 bridgehead atoms. The largest absolute Gasteiger partial charge is 0.444 e. The number of amides is 3. The van der Waals surface area contributed by atoms with Crippen molar-refractivity contribution in [2.24, 2.45) is 22.7 Å². The SMILES string of the molecule is CC(C)(C)OC(=O)N[C@@H]1C(=O)N2CC3[C@@H]([C@H]2C(=O)N[C@H](C=O)CCCCCCCCCC1(C)C)C3(C)C. The van der Waals surface area contributed by atoms with Crippen molar-refractivity contribution in [3.05, 3.63) is 0 Å². The number of nitrogens with one attached hydrogen (secondary N) is 2. The number of piperidine rings is 1. The number of carbonyl (C=O) groups excluding carboxylic acids is 4. The molecule has 5 atom stereocenters. The van der Waals surface area contributed by atoms with Crippen molar-refractivity contribution >= 4 is 24.2 Å². The third-order valence-electron chi connectivity index (χ3n) is 8.78. The van der Waals surface area contributed by atoms with Crippen LogP contribution in [0.2, 0.25) is 0 Å². The minimum atomic E-state index is -0.823. The van der Waals surface area contributed by atoms with E-state index in [1.165, 1.54) is 0 Å². The molecule has 3 aliphatic rings. The Morgan fingerprint density at radius 3 is 2.22 bits per heavy atom. The number of hydrogen-bond donors (Lipinski definition) is 2. The van der Waals surface area contributed by atoms with Crippen LogP contribution in [0.3, 0.4) is 0 Å². The summed E-state index contributed by atoms with van der Waals surface area (Å²) in [6.45, 7) is 14.2. The summed E-state index contributed by atoms with van der Waals surface area (Å²) in [6, 6.07) is -2.02. The molecule has 2 N–H and O–H groups in total. The summed E-state index contributed by atoms with van der Waals surface area (Å²) in [4.78, 5) is 54.1. The number of nitrogens with zero attached hydrogens (tertiary/aromatic N) is 1. The van der Waals surface area contributed by atoms with E-state index < -0.39 is 35.2 Å². The molecule has 1 unspecified atom stereocenters. The van der Waals surface area contributed by atoms with Crippen LogP contribution in [-0.4, -0.2) is 59.4 Å². The van der Waals surface area contributed by atoms with Gasteiger partial charge in [0.05, 0.1) is 6.04 Å². The van der Waals surface area contributed by atoms with Crippen LogP contribution in [0.25, 0.3) is 0 Å². The number of hydrogen-bond acceptors (Lipinski definition) is 5. The fraction of sp³-hybridized carbons (Fsp3) is 0.862. The molecule has 210 valence electrons. The van der Waals surface area contributed by atoms with E-state index in [2.05, 4.69) is 24.5 Å². The Labute approximate surface area is 223 Å². The lowest BCUT2D eigenvalue weighted by Gasteiger charge is -2.39. The van der Waals surface area contributed by atoms with Gasteiger partial charge in [0.1, 0.15) is 24.0 Å². The van der Waals surface area contributed by atoms with Crippen LogP contribution >= 0.6 is 0 Å². The summed E-state index contributed by atoms with van der Waals surface area (Å²) in [5, 5.41) is 5.83. The summed E-state index contributed by atoms with van der Waals surface area (Å²) in [7, 11) is 0. The average Bonchev–Trinajstić information content (AvgIpc) is 3.12. The Morgan fingerprint density at radius 2 is 1.62 bits per heavy atom. The van der Waals surface area contributed by atoms with Crippen LogP contribution in [0.4, 0.5) is 4.79 Å². The normalized spacial score (nSPS) is 32.8. The second-order valence-electron chi connectivity index (χ2n) is 13.7. The Morgan fingerprint density at radius 1 is 1.03 bits per heavy atom. The van der Waals surface area contributed by atoms with Crippen LogP contribution in [0.1, 0.15) is 106 Å². The molecule has 3 rings (SSSR count). The minimum absolute atomic E-state index is 0.0381. The zero-order valence-electron chi connectivity index (χ0n) is 24.0. The smallest absolute Gasteiger partial charge is 0.408 e. The highest BCUT2D eigenvalue weighted by Gasteiger charge is 2.69. The Kier molecular flexibility index (Phi) is 9.01. The third kappa shape index (κ3) is 7.05.